The zero-order chi connectivity index (χ0) is 15.6. The molecule has 23 heavy (non-hydrogen) atoms. The van der Waals surface area contributed by atoms with Crippen molar-refractivity contribution in [1.29, 1.82) is 0 Å². The molecule has 0 saturated carbocycles. The van der Waals surface area contributed by atoms with E-state index >= 15 is 0 Å². The first kappa shape index (κ1) is 13.8. The molecule has 1 unspecified atom stereocenters. The summed E-state index contributed by atoms with van der Waals surface area (Å²) in [5.74, 6) is 1.31. The fraction of sp³-hybridized carbons (Fsp3) is 0.105. The van der Waals surface area contributed by atoms with Gasteiger partial charge in [0.25, 0.3) is 0 Å². The topological polar surface area (TPSA) is 51.2 Å². The number of aliphatic hydroxyl groups excluding tert-OH is 1. The molecule has 2 heterocycles. The molecule has 1 atom stereocenters. The summed E-state index contributed by atoms with van der Waals surface area (Å²) in [4.78, 5) is 0. The SMILES string of the molecule is OCc1ccc(C(c2ccccc2)n2ncc3ccccc32)o1. The summed E-state index contributed by atoms with van der Waals surface area (Å²) >= 11 is 0. The molecule has 0 aliphatic rings. The molecule has 1 N–H and O–H groups in total. The van der Waals surface area contributed by atoms with E-state index in [0.717, 1.165) is 22.2 Å². The Morgan fingerprint density at radius 1 is 0.957 bits per heavy atom. The minimum atomic E-state index is -0.170. The summed E-state index contributed by atoms with van der Waals surface area (Å²) in [5.41, 5.74) is 2.13. The van der Waals surface area contributed by atoms with Crippen LogP contribution in [0.4, 0.5) is 0 Å². The number of hydrogen-bond acceptors (Lipinski definition) is 3. The number of para-hydroxylation sites is 1. The first-order valence-corrected chi connectivity index (χ1v) is 7.53. The van der Waals surface area contributed by atoms with Gasteiger partial charge in [-0.3, -0.25) is 0 Å². The van der Waals surface area contributed by atoms with Gasteiger partial charge in [-0.25, -0.2) is 4.68 Å². The Bertz CT molecular complexity index is 925. The van der Waals surface area contributed by atoms with Crippen molar-refractivity contribution in [3.63, 3.8) is 0 Å². The molecule has 0 bridgehead atoms. The predicted octanol–water partition coefficient (Wildman–Crippen LogP) is 3.76. The monoisotopic (exact) mass is 304 g/mol. The average molecular weight is 304 g/mol. The second-order valence-electron chi connectivity index (χ2n) is 5.42. The summed E-state index contributed by atoms with van der Waals surface area (Å²) in [6.07, 6.45) is 1.86. The number of rotatable bonds is 4. The molecule has 0 aliphatic heterocycles. The van der Waals surface area contributed by atoms with Gasteiger partial charge in [-0.05, 0) is 23.8 Å². The third-order valence-corrected chi connectivity index (χ3v) is 3.97. The van der Waals surface area contributed by atoms with Gasteiger partial charge < -0.3 is 9.52 Å². The van der Waals surface area contributed by atoms with Crippen molar-refractivity contribution in [1.82, 2.24) is 9.78 Å². The standard InChI is InChI=1S/C19H16N2O2/c22-13-16-10-11-18(23-16)19(14-6-2-1-3-7-14)21-17-9-5-4-8-15(17)12-20-21/h1-12,19,22H,13H2. The van der Waals surface area contributed by atoms with Crippen LogP contribution >= 0.6 is 0 Å². The molecule has 0 aliphatic carbocycles. The van der Waals surface area contributed by atoms with Crippen molar-refractivity contribution in [3.05, 3.63) is 90.0 Å². The van der Waals surface area contributed by atoms with Gasteiger partial charge in [0, 0.05) is 5.39 Å². The fourth-order valence-corrected chi connectivity index (χ4v) is 2.89. The lowest BCUT2D eigenvalue weighted by Crippen LogP contribution is -2.13. The van der Waals surface area contributed by atoms with Crippen LogP contribution in [0.1, 0.15) is 23.1 Å². The Hall–Kier alpha value is -2.85. The van der Waals surface area contributed by atoms with Crippen molar-refractivity contribution < 1.29 is 9.52 Å². The van der Waals surface area contributed by atoms with Gasteiger partial charge in [-0.2, -0.15) is 5.10 Å². The molecule has 0 spiro atoms. The Kier molecular flexibility index (Phi) is 3.44. The van der Waals surface area contributed by atoms with Gasteiger partial charge in [0.15, 0.2) is 0 Å². The number of hydrogen-bond donors (Lipinski definition) is 1. The molecular weight excluding hydrogens is 288 g/mol. The number of aliphatic hydroxyl groups is 1. The number of fused-ring (bicyclic) bond motifs is 1. The van der Waals surface area contributed by atoms with Crippen LogP contribution in [0.25, 0.3) is 10.9 Å². The molecule has 0 radical (unpaired) electrons. The smallest absolute Gasteiger partial charge is 0.135 e. The molecule has 2 aromatic heterocycles. The zero-order valence-electron chi connectivity index (χ0n) is 12.5. The first-order valence-electron chi connectivity index (χ1n) is 7.53. The second kappa shape index (κ2) is 5.74. The third-order valence-electron chi connectivity index (χ3n) is 3.97. The summed E-state index contributed by atoms with van der Waals surface area (Å²) < 4.78 is 7.77. The second-order valence-corrected chi connectivity index (χ2v) is 5.42. The van der Waals surface area contributed by atoms with Crippen LogP contribution in [0.15, 0.2) is 77.3 Å². The van der Waals surface area contributed by atoms with E-state index in [1.807, 2.05) is 59.4 Å². The summed E-state index contributed by atoms with van der Waals surface area (Å²) in [5, 5.41) is 15.0. The van der Waals surface area contributed by atoms with Crippen LogP contribution in [-0.2, 0) is 6.61 Å². The molecule has 0 saturated heterocycles. The van der Waals surface area contributed by atoms with Crippen LogP contribution in [0.3, 0.4) is 0 Å². The van der Waals surface area contributed by atoms with Gasteiger partial charge in [0.1, 0.15) is 24.2 Å². The Morgan fingerprint density at radius 2 is 1.74 bits per heavy atom. The van der Waals surface area contributed by atoms with Crippen molar-refractivity contribution in [2.45, 2.75) is 12.6 Å². The molecule has 0 fully saturated rings. The molecule has 4 heteroatoms. The normalized spacial score (nSPS) is 12.6. The van der Waals surface area contributed by atoms with Crippen LogP contribution in [0, 0.1) is 0 Å². The molecule has 0 amide bonds. The van der Waals surface area contributed by atoms with E-state index in [1.165, 1.54) is 0 Å². The maximum atomic E-state index is 9.29. The van der Waals surface area contributed by atoms with Gasteiger partial charge in [0.05, 0.1) is 11.7 Å². The lowest BCUT2D eigenvalue weighted by atomic mass is 10.0. The van der Waals surface area contributed by atoms with E-state index in [9.17, 15) is 5.11 Å². The highest BCUT2D eigenvalue weighted by Crippen LogP contribution is 2.30. The Balaban J connectivity index is 1.92. The fourth-order valence-electron chi connectivity index (χ4n) is 2.89. The maximum Gasteiger partial charge on any atom is 0.135 e. The van der Waals surface area contributed by atoms with Gasteiger partial charge in [-0.1, -0.05) is 48.5 Å². The van der Waals surface area contributed by atoms with Gasteiger partial charge >= 0.3 is 0 Å². The van der Waals surface area contributed by atoms with Crippen molar-refractivity contribution in [2.75, 3.05) is 0 Å². The number of furan rings is 1. The van der Waals surface area contributed by atoms with E-state index < -0.39 is 0 Å². The highest BCUT2D eigenvalue weighted by Gasteiger charge is 2.22. The van der Waals surface area contributed by atoms with E-state index in [0.29, 0.717) is 5.76 Å². The zero-order valence-corrected chi connectivity index (χ0v) is 12.5. The van der Waals surface area contributed by atoms with Crippen molar-refractivity contribution in [2.24, 2.45) is 0 Å². The molecule has 4 rings (SSSR count). The summed E-state index contributed by atoms with van der Waals surface area (Å²) in [7, 11) is 0. The summed E-state index contributed by atoms with van der Waals surface area (Å²) in [6, 6.07) is 21.7. The Labute approximate surface area is 133 Å². The minimum absolute atomic E-state index is 0.110. The van der Waals surface area contributed by atoms with Crippen LogP contribution < -0.4 is 0 Å². The lowest BCUT2D eigenvalue weighted by molar-refractivity contribution is 0.241. The average Bonchev–Trinajstić information content (AvgIpc) is 3.24. The molecule has 2 aromatic carbocycles. The van der Waals surface area contributed by atoms with Gasteiger partial charge in [-0.15, -0.1) is 0 Å². The quantitative estimate of drug-likeness (QED) is 0.624. The number of nitrogens with zero attached hydrogens (tertiary/aromatic N) is 2. The van der Waals surface area contributed by atoms with Gasteiger partial charge in [0.2, 0.25) is 0 Å². The lowest BCUT2D eigenvalue weighted by Gasteiger charge is -2.17. The minimum Gasteiger partial charge on any atom is -0.461 e. The molecular formula is C19H16N2O2. The van der Waals surface area contributed by atoms with Crippen LogP contribution in [0.5, 0.6) is 0 Å². The highest BCUT2D eigenvalue weighted by atomic mass is 16.4. The van der Waals surface area contributed by atoms with E-state index in [2.05, 4.69) is 17.2 Å². The molecule has 114 valence electrons. The first-order chi connectivity index (χ1) is 11.4. The Morgan fingerprint density at radius 3 is 2.52 bits per heavy atom. The van der Waals surface area contributed by atoms with Crippen molar-refractivity contribution >= 4 is 10.9 Å². The third kappa shape index (κ3) is 2.43. The number of benzene rings is 2. The van der Waals surface area contributed by atoms with E-state index in [-0.39, 0.29) is 12.6 Å². The summed E-state index contributed by atoms with van der Waals surface area (Å²) in [6.45, 7) is -0.110. The highest BCUT2D eigenvalue weighted by molar-refractivity contribution is 5.78. The van der Waals surface area contributed by atoms with E-state index in [4.69, 9.17) is 4.42 Å². The largest absolute Gasteiger partial charge is 0.461 e. The maximum absolute atomic E-state index is 9.29. The van der Waals surface area contributed by atoms with Crippen LogP contribution in [0.2, 0.25) is 0 Å². The van der Waals surface area contributed by atoms with E-state index in [1.54, 1.807) is 6.07 Å². The van der Waals surface area contributed by atoms with Crippen LogP contribution in [-0.4, -0.2) is 14.9 Å². The number of aromatic nitrogens is 2. The molecule has 4 aromatic rings. The van der Waals surface area contributed by atoms with Crippen molar-refractivity contribution in [3.8, 4) is 0 Å². The predicted molar refractivity (Wildman–Crippen MR) is 88.0 cm³/mol. The molecule has 4 nitrogen and oxygen atoms in total.